The largest absolute Gasteiger partial charge is 0.468 e. The molecule has 0 unspecified atom stereocenters. The van der Waals surface area contributed by atoms with Crippen LogP contribution in [0.1, 0.15) is 19.2 Å². The first-order valence-corrected chi connectivity index (χ1v) is 6.43. The summed E-state index contributed by atoms with van der Waals surface area (Å²) in [6.45, 7) is 2.15. The summed E-state index contributed by atoms with van der Waals surface area (Å²) in [5.74, 6) is 0.233. The fraction of sp³-hybridized carbons (Fsp3) is 0.357. The van der Waals surface area contributed by atoms with Crippen LogP contribution in [-0.4, -0.2) is 28.5 Å². The number of methoxy groups -OCH3 is 1. The van der Waals surface area contributed by atoms with Crippen molar-refractivity contribution in [3.8, 4) is 0 Å². The lowest BCUT2D eigenvalue weighted by atomic mass is 10.3. The van der Waals surface area contributed by atoms with Gasteiger partial charge in [-0.2, -0.15) is 0 Å². The second kappa shape index (κ2) is 6.18. The highest BCUT2D eigenvalue weighted by Crippen LogP contribution is 2.16. The molecule has 1 heterocycles. The molecule has 1 aromatic heterocycles. The number of para-hydroxylation sites is 2. The second-order valence-electron chi connectivity index (χ2n) is 4.31. The minimum absolute atomic E-state index is 0.0540. The highest BCUT2D eigenvalue weighted by Gasteiger charge is 2.14. The quantitative estimate of drug-likeness (QED) is 0.833. The fourth-order valence-corrected chi connectivity index (χ4v) is 1.93. The van der Waals surface area contributed by atoms with E-state index in [4.69, 9.17) is 4.74 Å². The summed E-state index contributed by atoms with van der Waals surface area (Å²) >= 11 is 0. The smallest absolute Gasteiger partial charge is 0.325 e. The molecular formula is C14H17N3O3. The highest BCUT2D eigenvalue weighted by molar-refractivity contribution is 5.79. The number of carbonyl (C=O) groups excluding carboxylic acids is 2. The third-order valence-corrected chi connectivity index (χ3v) is 3.01. The summed E-state index contributed by atoms with van der Waals surface area (Å²) in [5, 5.41) is 2.77. The van der Waals surface area contributed by atoms with Gasteiger partial charge in [0.25, 0.3) is 0 Å². The van der Waals surface area contributed by atoms with Crippen molar-refractivity contribution in [2.45, 2.75) is 26.4 Å². The zero-order valence-electron chi connectivity index (χ0n) is 11.5. The lowest BCUT2D eigenvalue weighted by molar-refractivity contribution is -0.141. The first-order chi connectivity index (χ1) is 9.65. The van der Waals surface area contributed by atoms with Gasteiger partial charge in [-0.1, -0.05) is 19.1 Å². The predicted octanol–water partition coefficient (Wildman–Crippen LogP) is 1.24. The van der Waals surface area contributed by atoms with E-state index in [0.717, 1.165) is 11.0 Å². The van der Waals surface area contributed by atoms with Gasteiger partial charge in [0.15, 0.2) is 0 Å². The van der Waals surface area contributed by atoms with E-state index < -0.39 is 0 Å². The molecule has 0 fully saturated rings. The van der Waals surface area contributed by atoms with Crippen molar-refractivity contribution >= 4 is 22.9 Å². The minimum Gasteiger partial charge on any atom is -0.468 e. The van der Waals surface area contributed by atoms with E-state index in [-0.39, 0.29) is 18.4 Å². The van der Waals surface area contributed by atoms with E-state index >= 15 is 0 Å². The lowest BCUT2D eigenvalue weighted by Crippen LogP contribution is -2.24. The Kier molecular flexibility index (Phi) is 4.34. The number of fused-ring (bicyclic) bond motifs is 1. The van der Waals surface area contributed by atoms with Gasteiger partial charge in [0, 0.05) is 6.42 Å². The Hall–Kier alpha value is -2.37. The van der Waals surface area contributed by atoms with E-state index in [1.54, 1.807) is 11.5 Å². The van der Waals surface area contributed by atoms with Gasteiger partial charge in [0.2, 0.25) is 5.91 Å². The van der Waals surface area contributed by atoms with Crippen LogP contribution in [-0.2, 0) is 27.4 Å². The molecule has 0 aliphatic carbocycles. The molecule has 1 N–H and O–H groups in total. The van der Waals surface area contributed by atoms with Crippen molar-refractivity contribution in [1.29, 1.82) is 0 Å². The Bertz CT molecular complexity index is 634. The predicted molar refractivity (Wildman–Crippen MR) is 73.9 cm³/mol. The number of aromatic nitrogens is 2. The van der Waals surface area contributed by atoms with Gasteiger partial charge in [-0.25, -0.2) is 4.98 Å². The molecule has 2 rings (SSSR count). The summed E-state index contributed by atoms with van der Waals surface area (Å²) in [6, 6.07) is 7.52. The summed E-state index contributed by atoms with van der Waals surface area (Å²) in [7, 11) is 1.35. The Morgan fingerprint density at radius 3 is 2.80 bits per heavy atom. The number of ether oxygens (including phenoxy) is 1. The van der Waals surface area contributed by atoms with Gasteiger partial charge < -0.3 is 14.6 Å². The molecule has 2 aromatic rings. The Labute approximate surface area is 116 Å². The molecular weight excluding hydrogens is 258 g/mol. The molecule has 1 amide bonds. The molecule has 0 atom stereocenters. The van der Waals surface area contributed by atoms with Crippen LogP contribution in [0, 0.1) is 0 Å². The number of nitrogens with zero attached hydrogens (tertiary/aromatic N) is 2. The molecule has 0 bridgehead atoms. The van der Waals surface area contributed by atoms with E-state index in [0.29, 0.717) is 18.8 Å². The third-order valence-electron chi connectivity index (χ3n) is 3.01. The maximum absolute atomic E-state index is 11.5. The molecule has 1 aromatic carbocycles. The van der Waals surface area contributed by atoms with Crippen molar-refractivity contribution in [3.63, 3.8) is 0 Å². The lowest BCUT2D eigenvalue weighted by Gasteiger charge is -2.08. The van der Waals surface area contributed by atoms with Gasteiger partial charge in [-0.05, 0) is 12.1 Å². The highest BCUT2D eigenvalue weighted by atomic mass is 16.5. The Morgan fingerprint density at radius 1 is 1.35 bits per heavy atom. The average molecular weight is 275 g/mol. The van der Waals surface area contributed by atoms with Crippen molar-refractivity contribution < 1.29 is 14.3 Å². The van der Waals surface area contributed by atoms with Gasteiger partial charge in [-0.3, -0.25) is 9.59 Å². The molecule has 0 saturated heterocycles. The van der Waals surface area contributed by atoms with Crippen LogP contribution in [0.2, 0.25) is 0 Å². The maximum atomic E-state index is 11.5. The van der Waals surface area contributed by atoms with Gasteiger partial charge in [0.05, 0.1) is 24.7 Å². The second-order valence-corrected chi connectivity index (χ2v) is 4.31. The van der Waals surface area contributed by atoms with Crippen LogP contribution in [0.5, 0.6) is 0 Å². The van der Waals surface area contributed by atoms with Crippen molar-refractivity contribution in [1.82, 2.24) is 14.9 Å². The van der Waals surface area contributed by atoms with Crippen LogP contribution in [0.15, 0.2) is 24.3 Å². The van der Waals surface area contributed by atoms with Crippen LogP contribution in [0.25, 0.3) is 11.0 Å². The van der Waals surface area contributed by atoms with E-state index in [1.165, 1.54) is 7.11 Å². The van der Waals surface area contributed by atoms with Crippen LogP contribution in [0.4, 0.5) is 0 Å². The maximum Gasteiger partial charge on any atom is 0.325 e. The Balaban J connectivity index is 2.33. The number of esters is 1. The van der Waals surface area contributed by atoms with E-state index in [2.05, 4.69) is 10.3 Å². The SMILES string of the molecule is CCC(=O)NCc1nc2ccccc2n1CC(=O)OC. The van der Waals surface area contributed by atoms with Crippen molar-refractivity contribution in [2.24, 2.45) is 0 Å². The number of imidazole rings is 1. The molecule has 0 aliphatic rings. The number of amides is 1. The normalized spacial score (nSPS) is 10.5. The first kappa shape index (κ1) is 14.0. The van der Waals surface area contributed by atoms with Gasteiger partial charge >= 0.3 is 5.97 Å². The number of benzene rings is 1. The molecule has 0 saturated carbocycles. The molecule has 106 valence electrons. The Morgan fingerprint density at radius 2 is 2.10 bits per heavy atom. The van der Waals surface area contributed by atoms with E-state index in [1.807, 2.05) is 24.3 Å². The number of nitrogens with one attached hydrogen (secondary N) is 1. The summed E-state index contributed by atoms with van der Waals surface area (Å²) < 4.78 is 6.46. The zero-order valence-corrected chi connectivity index (χ0v) is 11.5. The van der Waals surface area contributed by atoms with Crippen molar-refractivity contribution in [2.75, 3.05) is 7.11 Å². The van der Waals surface area contributed by atoms with E-state index in [9.17, 15) is 9.59 Å². The summed E-state index contributed by atoms with van der Waals surface area (Å²) in [6.07, 6.45) is 0.414. The zero-order chi connectivity index (χ0) is 14.5. The monoisotopic (exact) mass is 275 g/mol. The third kappa shape index (κ3) is 2.96. The standard InChI is InChI=1S/C14H17N3O3/c1-3-13(18)15-8-12-16-10-6-4-5-7-11(10)17(12)9-14(19)20-2/h4-7H,3,8-9H2,1-2H3,(H,15,18). The summed E-state index contributed by atoms with van der Waals surface area (Å²) in [4.78, 5) is 27.3. The van der Waals surface area contributed by atoms with Crippen LogP contribution >= 0.6 is 0 Å². The van der Waals surface area contributed by atoms with Crippen LogP contribution < -0.4 is 5.32 Å². The molecule has 0 radical (unpaired) electrons. The number of hydrogen-bond donors (Lipinski definition) is 1. The number of hydrogen-bond acceptors (Lipinski definition) is 4. The number of carbonyl (C=O) groups is 2. The van der Waals surface area contributed by atoms with Crippen LogP contribution in [0.3, 0.4) is 0 Å². The average Bonchev–Trinajstić information content (AvgIpc) is 2.82. The topological polar surface area (TPSA) is 73.2 Å². The first-order valence-electron chi connectivity index (χ1n) is 6.43. The van der Waals surface area contributed by atoms with Crippen molar-refractivity contribution in [3.05, 3.63) is 30.1 Å². The van der Waals surface area contributed by atoms with Gasteiger partial charge in [0.1, 0.15) is 12.4 Å². The number of rotatable bonds is 5. The molecule has 0 aliphatic heterocycles. The molecule has 6 nitrogen and oxygen atoms in total. The molecule has 20 heavy (non-hydrogen) atoms. The minimum atomic E-state index is -0.351. The fourth-order valence-electron chi connectivity index (χ4n) is 1.93. The molecule has 0 spiro atoms. The molecule has 6 heteroatoms. The summed E-state index contributed by atoms with van der Waals surface area (Å²) in [5.41, 5.74) is 1.63. The van der Waals surface area contributed by atoms with Gasteiger partial charge in [-0.15, -0.1) is 0 Å².